The highest BCUT2D eigenvalue weighted by Gasteiger charge is 2.24. The molecule has 1 saturated heterocycles. The van der Waals surface area contributed by atoms with Crippen LogP contribution in [0.3, 0.4) is 0 Å². The highest BCUT2D eigenvalue weighted by atomic mass is 19.1. The summed E-state index contributed by atoms with van der Waals surface area (Å²) in [4.78, 5) is 0. The maximum atomic E-state index is 12.7. The predicted molar refractivity (Wildman–Crippen MR) is 59.8 cm³/mol. The monoisotopic (exact) mass is 225 g/mol. The molecule has 0 bridgehead atoms. The van der Waals surface area contributed by atoms with E-state index in [4.69, 9.17) is 4.74 Å². The van der Waals surface area contributed by atoms with Gasteiger partial charge in [-0.2, -0.15) is 0 Å². The first-order valence-electron chi connectivity index (χ1n) is 5.50. The molecule has 1 aromatic carbocycles. The zero-order valence-electron chi connectivity index (χ0n) is 9.03. The number of halogens is 1. The number of rotatable bonds is 4. The van der Waals surface area contributed by atoms with E-state index in [1.807, 2.05) is 0 Å². The summed E-state index contributed by atoms with van der Waals surface area (Å²) >= 11 is 0. The second-order valence-electron chi connectivity index (χ2n) is 4.06. The van der Waals surface area contributed by atoms with Gasteiger partial charge in [-0.25, -0.2) is 4.39 Å². The number of hydrogen-bond donors (Lipinski definition) is 2. The first-order valence-corrected chi connectivity index (χ1v) is 5.50. The van der Waals surface area contributed by atoms with Gasteiger partial charge in [0.25, 0.3) is 0 Å². The van der Waals surface area contributed by atoms with E-state index in [1.165, 1.54) is 12.1 Å². The van der Waals surface area contributed by atoms with E-state index < -0.39 is 0 Å². The lowest BCUT2D eigenvalue weighted by atomic mass is 9.99. The molecule has 0 aromatic heterocycles. The molecule has 0 saturated carbocycles. The van der Waals surface area contributed by atoms with Crippen LogP contribution in [0.1, 0.15) is 6.42 Å². The van der Waals surface area contributed by atoms with Crippen LogP contribution in [0.15, 0.2) is 24.3 Å². The fourth-order valence-corrected chi connectivity index (χ4v) is 1.94. The number of aliphatic hydroxyl groups excluding tert-OH is 1. The van der Waals surface area contributed by atoms with E-state index in [0.29, 0.717) is 12.5 Å². The van der Waals surface area contributed by atoms with Gasteiger partial charge in [-0.05, 0) is 30.7 Å². The van der Waals surface area contributed by atoms with Crippen molar-refractivity contribution in [2.75, 3.05) is 25.1 Å². The van der Waals surface area contributed by atoms with Gasteiger partial charge in [0, 0.05) is 18.2 Å². The van der Waals surface area contributed by atoms with Gasteiger partial charge in [0.2, 0.25) is 0 Å². The maximum absolute atomic E-state index is 12.7. The van der Waals surface area contributed by atoms with Crippen LogP contribution >= 0.6 is 0 Å². The van der Waals surface area contributed by atoms with Crippen molar-refractivity contribution < 1.29 is 14.2 Å². The van der Waals surface area contributed by atoms with Crippen LogP contribution in [-0.4, -0.2) is 31.0 Å². The summed E-state index contributed by atoms with van der Waals surface area (Å²) in [5.74, 6) is 0.0744. The molecule has 1 fully saturated rings. The molecule has 3 nitrogen and oxygen atoms in total. The lowest BCUT2D eigenvalue weighted by Crippen LogP contribution is -2.32. The van der Waals surface area contributed by atoms with Crippen molar-refractivity contribution in [1.29, 1.82) is 0 Å². The Morgan fingerprint density at radius 3 is 2.75 bits per heavy atom. The molecular formula is C12H16FNO2. The summed E-state index contributed by atoms with van der Waals surface area (Å²) in [5, 5.41) is 12.5. The number of anilines is 1. The molecule has 2 atom stereocenters. The first kappa shape index (κ1) is 11.4. The lowest BCUT2D eigenvalue weighted by Gasteiger charge is -2.22. The Morgan fingerprint density at radius 1 is 1.44 bits per heavy atom. The quantitative estimate of drug-likeness (QED) is 0.818. The summed E-state index contributed by atoms with van der Waals surface area (Å²) in [7, 11) is 0. The fourth-order valence-electron chi connectivity index (χ4n) is 1.94. The molecule has 1 heterocycles. The zero-order valence-corrected chi connectivity index (χ0v) is 9.03. The molecule has 0 spiro atoms. The van der Waals surface area contributed by atoms with Crippen molar-refractivity contribution in [3.05, 3.63) is 30.1 Å². The van der Waals surface area contributed by atoms with Crippen LogP contribution in [0.5, 0.6) is 0 Å². The van der Waals surface area contributed by atoms with E-state index >= 15 is 0 Å². The van der Waals surface area contributed by atoms with Crippen LogP contribution in [-0.2, 0) is 4.74 Å². The Kier molecular flexibility index (Phi) is 3.74. The highest BCUT2D eigenvalue weighted by Crippen LogP contribution is 2.20. The molecule has 4 heteroatoms. The van der Waals surface area contributed by atoms with E-state index in [0.717, 1.165) is 18.7 Å². The van der Waals surface area contributed by atoms with Crippen molar-refractivity contribution in [2.45, 2.75) is 12.5 Å². The Labute approximate surface area is 94.2 Å². The molecule has 0 amide bonds. The van der Waals surface area contributed by atoms with Gasteiger partial charge < -0.3 is 15.2 Å². The molecule has 16 heavy (non-hydrogen) atoms. The van der Waals surface area contributed by atoms with Crippen molar-refractivity contribution in [3.63, 3.8) is 0 Å². The summed E-state index contributed by atoms with van der Waals surface area (Å²) in [6, 6.07) is 6.14. The first-order chi connectivity index (χ1) is 7.79. The average molecular weight is 225 g/mol. The van der Waals surface area contributed by atoms with Crippen LogP contribution in [0, 0.1) is 11.7 Å². The van der Waals surface area contributed by atoms with Gasteiger partial charge in [0.15, 0.2) is 0 Å². The third-order valence-corrected chi connectivity index (χ3v) is 2.93. The molecular weight excluding hydrogens is 209 g/mol. The number of benzene rings is 1. The fraction of sp³-hybridized carbons (Fsp3) is 0.500. The second kappa shape index (κ2) is 5.27. The number of nitrogens with one attached hydrogen (secondary N) is 1. The van der Waals surface area contributed by atoms with Gasteiger partial charge >= 0.3 is 0 Å². The molecule has 2 unspecified atom stereocenters. The Bertz CT molecular complexity index is 322. The van der Waals surface area contributed by atoms with E-state index in [1.54, 1.807) is 12.1 Å². The average Bonchev–Trinajstić information content (AvgIpc) is 2.82. The molecule has 0 aliphatic carbocycles. The van der Waals surface area contributed by atoms with Crippen molar-refractivity contribution in [3.8, 4) is 0 Å². The van der Waals surface area contributed by atoms with Crippen LogP contribution in [0.2, 0.25) is 0 Å². The predicted octanol–water partition coefficient (Wildman–Crippen LogP) is 1.64. The Hall–Kier alpha value is -1.13. The smallest absolute Gasteiger partial charge is 0.123 e. The minimum absolute atomic E-state index is 0.0204. The minimum Gasteiger partial charge on any atom is -0.394 e. The molecule has 1 aromatic rings. The van der Waals surface area contributed by atoms with Crippen LogP contribution in [0.25, 0.3) is 0 Å². The zero-order chi connectivity index (χ0) is 11.4. The molecule has 0 radical (unpaired) electrons. The Balaban J connectivity index is 1.97. The van der Waals surface area contributed by atoms with E-state index in [-0.39, 0.29) is 18.5 Å². The molecule has 88 valence electrons. The standard InChI is InChI=1S/C12H16FNO2/c13-10-1-3-11(4-2-10)14-12(7-15)9-5-6-16-8-9/h1-4,9,12,14-15H,5-8H2. The van der Waals surface area contributed by atoms with Crippen LogP contribution < -0.4 is 5.32 Å². The third kappa shape index (κ3) is 2.71. The van der Waals surface area contributed by atoms with Gasteiger partial charge in [0.1, 0.15) is 5.82 Å². The van der Waals surface area contributed by atoms with Gasteiger partial charge in [-0.1, -0.05) is 0 Å². The summed E-state index contributed by atoms with van der Waals surface area (Å²) in [6.45, 7) is 1.50. The summed E-state index contributed by atoms with van der Waals surface area (Å²) in [6.07, 6.45) is 0.958. The maximum Gasteiger partial charge on any atom is 0.123 e. The second-order valence-corrected chi connectivity index (χ2v) is 4.06. The SMILES string of the molecule is OCC(Nc1ccc(F)cc1)C1CCOC1. The molecule has 1 aliphatic heterocycles. The highest BCUT2D eigenvalue weighted by molar-refractivity contribution is 5.44. The topological polar surface area (TPSA) is 41.5 Å². The third-order valence-electron chi connectivity index (χ3n) is 2.93. The summed E-state index contributed by atoms with van der Waals surface area (Å²) in [5.41, 5.74) is 0.826. The molecule has 2 rings (SSSR count). The van der Waals surface area contributed by atoms with Crippen molar-refractivity contribution in [1.82, 2.24) is 0 Å². The Morgan fingerprint density at radius 2 is 2.19 bits per heavy atom. The van der Waals surface area contributed by atoms with Gasteiger partial charge in [-0.15, -0.1) is 0 Å². The van der Waals surface area contributed by atoms with Crippen molar-refractivity contribution >= 4 is 5.69 Å². The van der Waals surface area contributed by atoms with E-state index in [2.05, 4.69) is 5.32 Å². The number of ether oxygens (including phenoxy) is 1. The number of aliphatic hydroxyl groups is 1. The van der Waals surface area contributed by atoms with Crippen LogP contribution in [0.4, 0.5) is 10.1 Å². The minimum atomic E-state index is -0.254. The lowest BCUT2D eigenvalue weighted by molar-refractivity contribution is 0.170. The largest absolute Gasteiger partial charge is 0.394 e. The van der Waals surface area contributed by atoms with E-state index in [9.17, 15) is 9.50 Å². The normalized spacial score (nSPS) is 22.0. The van der Waals surface area contributed by atoms with Gasteiger partial charge in [0.05, 0.1) is 19.3 Å². The van der Waals surface area contributed by atoms with Crippen molar-refractivity contribution in [2.24, 2.45) is 5.92 Å². The van der Waals surface area contributed by atoms with Gasteiger partial charge in [-0.3, -0.25) is 0 Å². The molecule has 2 N–H and O–H groups in total. The molecule has 1 aliphatic rings. The number of hydrogen-bond acceptors (Lipinski definition) is 3. The summed E-state index contributed by atoms with van der Waals surface area (Å²) < 4.78 is 18.0.